The average molecular weight is 226 g/mol. The summed E-state index contributed by atoms with van der Waals surface area (Å²) in [4.78, 5) is 18.0. The van der Waals surface area contributed by atoms with Crippen molar-refractivity contribution in [2.75, 3.05) is 11.9 Å². The molecule has 2 aromatic rings. The third kappa shape index (κ3) is 2.33. The zero-order valence-corrected chi connectivity index (χ0v) is 9.92. The number of benzene rings is 1. The molecule has 0 bridgehead atoms. The van der Waals surface area contributed by atoms with Crippen LogP contribution in [0.4, 0.5) is 5.69 Å². The summed E-state index contributed by atoms with van der Waals surface area (Å²) in [6.45, 7) is 1.89. The highest BCUT2D eigenvalue weighted by atomic mass is 16.2. The number of carbonyl (C=O) groups is 1. The van der Waals surface area contributed by atoms with Gasteiger partial charge in [0.2, 0.25) is 0 Å². The van der Waals surface area contributed by atoms with Crippen molar-refractivity contribution in [3.63, 3.8) is 0 Å². The van der Waals surface area contributed by atoms with Gasteiger partial charge in [0.15, 0.2) is 0 Å². The van der Waals surface area contributed by atoms with Gasteiger partial charge in [-0.1, -0.05) is 24.3 Å². The van der Waals surface area contributed by atoms with Crippen molar-refractivity contribution in [3.8, 4) is 0 Å². The first-order chi connectivity index (χ1) is 8.20. The number of pyridine rings is 1. The summed E-state index contributed by atoms with van der Waals surface area (Å²) in [6, 6.07) is 13.3. The molecule has 1 aromatic heterocycles. The van der Waals surface area contributed by atoms with Crippen LogP contribution in [0.5, 0.6) is 0 Å². The van der Waals surface area contributed by atoms with E-state index >= 15 is 0 Å². The second-order valence-corrected chi connectivity index (χ2v) is 3.87. The molecular formula is C14H14N2O. The second kappa shape index (κ2) is 4.78. The van der Waals surface area contributed by atoms with Gasteiger partial charge in [0, 0.05) is 18.9 Å². The minimum atomic E-state index is -0.0886. The number of amides is 1. The zero-order valence-electron chi connectivity index (χ0n) is 9.92. The maximum Gasteiger partial charge on any atom is 0.276 e. The van der Waals surface area contributed by atoms with Gasteiger partial charge in [-0.25, -0.2) is 0 Å². The first-order valence-corrected chi connectivity index (χ1v) is 5.45. The number of para-hydroxylation sites is 1. The van der Waals surface area contributed by atoms with Gasteiger partial charge in [-0.15, -0.1) is 0 Å². The van der Waals surface area contributed by atoms with Crippen molar-refractivity contribution in [3.05, 3.63) is 59.9 Å². The molecule has 1 amide bonds. The van der Waals surface area contributed by atoms with Crippen LogP contribution in [0.3, 0.4) is 0 Å². The Balaban J connectivity index is 2.30. The summed E-state index contributed by atoms with van der Waals surface area (Å²) in [7, 11) is 1.76. The van der Waals surface area contributed by atoms with E-state index in [2.05, 4.69) is 4.98 Å². The largest absolute Gasteiger partial charge is 0.310 e. The van der Waals surface area contributed by atoms with Gasteiger partial charge in [-0.2, -0.15) is 0 Å². The van der Waals surface area contributed by atoms with Crippen LogP contribution in [-0.2, 0) is 0 Å². The molecule has 0 spiro atoms. The van der Waals surface area contributed by atoms with E-state index in [1.54, 1.807) is 18.1 Å². The molecule has 0 unspecified atom stereocenters. The Hall–Kier alpha value is -2.16. The van der Waals surface area contributed by atoms with Crippen LogP contribution in [0.1, 0.15) is 16.1 Å². The summed E-state index contributed by atoms with van der Waals surface area (Å²) in [5.41, 5.74) is 2.25. The van der Waals surface area contributed by atoms with Gasteiger partial charge in [0.25, 0.3) is 5.91 Å². The Kier molecular flexibility index (Phi) is 3.19. The van der Waals surface area contributed by atoms with Gasteiger partial charge in [-0.3, -0.25) is 9.78 Å². The molecule has 0 aliphatic rings. The molecule has 0 fully saturated rings. The van der Waals surface area contributed by atoms with E-state index < -0.39 is 0 Å². The normalized spacial score (nSPS) is 10.0. The van der Waals surface area contributed by atoms with Crippen LogP contribution in [0, 0.1) is 6.92 Å². The van der Waals surface area contributed by atoms with Gasteiger partial charge < -0.3 is 4.90 Å². The van der Waals surface area contributed by atoms with E-state index in [1.807, 2.05) is 49.4 Å². The number of nitrogens with zero attached hydrogens (tertiary/aromatic N) is 2. The molecule has 0 aliphatic carbocycles. The fourth-order valence-corrected chi connectivity index (χ4v) is 1.64. The van der Waals surface area contributed by atoms with E-state index in [4.69, 9.17) is 0 Å². The van der Waals surface area contributed by atoms with Gasteiger partial charge >= 0.3 is 0 Å². The molecule has 3 nitrogen and oxygen atoms in total. The SMILES string of the molecule is Cc1cccnc1C(=O)N(C)c1ccccc1. The standard InChI is InChI=1S/C14H14N2O/c1-11-7-6-10-15-13(11)14(17)16(2)12-8-4-3-5-9-12/h3-10H,1-2H3. The Morgan fingerprint density at radius 1 is 1.12 bits per heavy atom. The highest BCUT2D eigenvalue weighted by Crippen LogP contribution is 2.15. The quantitative estimate of drug-likeness (QED) is 0.788. The number of hydrogen-bond acceptors (Lipinski definition) is 2. The number of carbonyl (C=O) groups excluding carboxylic acids is 1. The van der Waals surface area contributed by atoms with Crippen LogP contribution in [0.15, 0.2) is 48.7 Å². The summed E-state index contributed by atoms with van der Waals surface area (Å²) < 4.78 is 0. The predicted molar refractivity (Wildman–Crippen MR) is 68.1 cm³/mol. The summed E-state index contributed by atoms with van der Waals surface area (Å²) in [5, 5.41) is 0. The van der Waals surface area contributed by atoms with Crippen molar-refractivity contribution in [1.82, 2.24) is 4.98 Å². The summed E-state index contributed by atoms with van der Waals surface area (Å²) in [5.74, 6) is -0.0886. The van der Waals surface area contributed by atoms with Crippen molar-refractivity contribution in [2.45, 2.75) is 6.92 Å². The maximum absolute atomic E-state index is 12.2. The van der Waals surface area contributed by atoms with Gasteiger partial charge in [0.05, 0.1) is 0 Å². The number of aryl methyl sites for hydroxylation is 1. The first-order valence-electron chi connectivity index (χ1n) is 5.45. The Labute approximate surface area is 101 Å². The van der Waals surface area contributed by atoms with E-state index in [0.29, 0.717) is 5.69 Å². The van der Waals surface area contributed by atoms with Gasteiger partial charge in [0.1, 0.15) is 5.69 Å². The Morgan fingerprint density at radius 3 is 2.47 bits per heavy atom. The van der Waals surface area contributed by atoms with Crippen LogP contribution < -0.4 is 4.90 Å². The molecule has 0 radical (unpaired) electrons. The summed E-state index contributed by atoms with van der Waals surface area (Å²) in [6.07, 6.45) is 1.64. The topological polar surface area (TPSA) is 33.2 Å². The lowest BCUT2D eigenvalue weighted by atomic mass is 10.2. The molecule has 0 aliphatic heterocycles. The number of rotatable bonds is 2. The smallest absolute Gasteiger partial charge is 0.276 e. The average Bonchev–Trinajstić information content (AvgIpc) is 2.39. The van der Waals surface area contributed by atoms with Crippen molar-refractivity contribution >= 4 is 11.6 Å². The summed E-state index contributed by atoms with van der Waals surface area (Å²) >= 11 is 0. The van der Waals surface area contributed by atoms with E-state index in [9.17, 15) is 4.79 Å². The van der Waals surface area contributed by atoms with Crippen LogP contribution in [0.25, 0.3) is 0 Å². The molecule has 17 heavy (non-hydrogen) atoms. The molecule has 0 saturated carbocycles. The molecule has 1 heterocycles. The van der Waals surface area contributed by atoms with E-state index in [1.165, 1.54) is 0 Å². The van der Waals surface area contributed by atoms with Crippen LogP contribution >= 0.6 is 0 Å². The zero-order chi connectivity index (χ0) is 12.3. The highest BCUT2D eigenvalue weighted by Gasteiger charge is 2.16. The lowest BCUT2D eigenvalue weighted by molar-refractivity contribution is 0.0987. The highest BCUT2D eigenvalue weighted by molar-refractivity contribution is 6.05. The maximum atomic E-state index is 12.2. The first kappa shape index (κ1) is 11.3. The molecule has 86 valence electrons. The molecule has 3 heteroatoms. The van der Waals surface area contributed by atoms with E-state index in [0.717, 1.165) is 11.3 Å². The molecule has 2 rings (SSSR count). The molecule has 0 saturated heterocycles. The van der Waals surface area contributed by atoms with E-state index in [-0.39, 0.29) is 5.91 Å². The third-order valence-corrected chi connectivity index (χ3v) is 2.66. The minimum absolute atomic E-state index is 0.0886. The Bertz CT molecular complexity index is 523. The Morgan fingerprint density at radius 2 is 1.82 bits per heavy atom. The fourth-order valence-electron chi connectivity index (χ4n) is 1.64. The van der Waals surface area contributed by atoms with Crippen molar-refractivity contribution < 1.29 is 4.79 Å². The third-order valence-electron chi connectivity index (χ3n) is 2.66. The monoisotopic (exact) mass is 226 g/mol. The minimum Gasteiger partial charge on any atom is -0.310 e. The van der Waals surface area contributed by atoms with Crippen LogP contribution in [0.2, 0.25) is 0 Å². The lowest BCUT2D eigenvalue weighted by Gasteiger charge is -2.17. The second-order valence-electron chi connectivity index (χ2n) is 3.87. The number of hydrogen-bond donors (Lipinski definition) is 0. The lowest BCUT2D eigenvalue weighted by Crippen LogP contribution is -2.27. The van der Waals surface area contributed by atoms with Crippen molar-refractivity contribution in [2.24, 2.45) is 0 Å². The molecule has 1 aromatic carbocycles. The fraction of sp³-hybridized carbons (Fsp3) is 0.143. The van der Waals surface area contributed by atoms with Crippen LogP contribution in [-0.4, -0.2) is 17.9 Å². The molecule has 0 N–H and O–H groups in total. The van der Waals surface area contributed by atoms with Crippen molar-refractivity contribution in [1.29, 1.82) is 0 Å². The molecular weight excluding hydrogens is 212 g/mol. The predicted octanol–water partition coefficient (Wildman–Crippen LogP) is 2.67. The number of aromatic nitrogens is 1. The molecule has 0 atom stereocenters. The number of anilines is 1. The van der Waals surface area contributed by atoms with Gasteiger partial charge in [-0.05, 0) is 30.7 Å².